The fourth-order valence-corrected chi connectivity index (χ4v) is 0.813. The van der Waals surface area contributed by atoms with Crippen molar-refractivity contribution in [2.45, 2.75) is 0 Å². The number of aldehydes is 1. The molecule has 0 spiro atoms. The summed E-state index contributed by atoms with van der Waals surface area (Å²) in [5.41, 5.74) is 0. The van der Waals surface area contributed by atoms with Crippen LogP contribution in [0.15, 0.2) is 12.1 Å². The van der Waals surface area contributed by atoms with Gasteiger partial charge in [0, 0.05) is 12.1 Å². The zero-order chi connectivity index (χ0) is 10.7. The van der Waals surface area contributed by atoms with Gasteiger partial charge in [0.2, 0.25) is 12.0 Å². The Labute approximate surface area is 78.0 Å². The second kappa shape index (κ2) is 3.65. The van der Waals surface area contributed by atoms with E-state index in [0.717, 1.165) is 12.1 Å². The lowest BCUT2D eigenvalue weighted by molar-refractivity contribution is -0.141. The summed E-state index contributed by atoms with van der Waals surface area (Å²) < 4.78 is 4.26. The first kappa shape index (κ1) is 9.85. The highest BCUT2D eigenvalue weighted by atomic mass is 16.5. The highest BCUT2D eigenvalue weighted by molar-refractivity contribution is 6.21. The molecule has 0 atom stereocenters. The first-order chi connectivity index (χ1) is 6.54. The second-order valence-corrected chi connectivity index (χ2v) is 2.35. The molecule has 1 rings (SSSR count). The SMILES string of the molecule is O=CC(=O)Oc1c(O)cc(O)cc1O. The van der Waals surface area contributed by atoms with Crippen LogP contribution in [0.25, 0.3) is 0 Å². The molecule has 0 aromatic heterocycles. The van der Waals surface area contributed by atoms with Crippen LogP contribution in [0.3, 0.4) is 0 Å². The van der Waals surface area contributed by atoms with Crippen LogP contribution >= 0.6 is 0 Å². The van der Waals surface area contributed by atoms with Gasteiger partial charge in [-0.05, 0) is 0 Å². The van der Waals surface area contributed by atoms with Crippen LogP contribution in [-0.4, -0.2) is 27.6 Å². The third-order valence-corrected chi connectivity index (χ3v) is 1.33. The number of phenols is 3. The topological polar surface area (TPSA) is 104 Å². The van der Waals surface area contributed by atoms with Crippen molar-refractivity contribution in [2.75, 3.05) is 0 Å². The van der Waals surface area contributed by atoms with E-state index in [0.29, 0.717) is 0 Å². The van der Waals surface area contributed by atoms with E-state index in [1.54, 1.807) is 0 Å². The average Bonchev–Trinajstić information content (AvgIpc) is 2.10. The molecular formula is C8H6O6. The molecule has 0 radical (unpaired) electrons. The van der Waals surface area contributed by atoms with Gasteiger partial charge in [-0.25, -0.2) is 4.79 Å². The third kappa shape index (κ3) is 1.92. The summed E-state index contributed by atoms with van der Waals surface area (Å²) in [7, 11) is 0. The zero-order valence-corrected chi connectivity index (χ0v) is 6.80. The number of aromatic hydroxyl groups is 3. The summed E-state index contributed by atoms with van der Waals surface area (Å²) in [6.07, 6.45) is -0.119. The Morgan fingerprint density at radius 1 is 1.21 bits per heavy atom. The molecule has 0 unspecified atom stereocenters. The van der Waals surface area contributed by atoms with Crippen LogP contribution in [0.2, 0.25) is 0 Å². The summed E-state index contributed by atoms with van der Waals surface area (Å²) in [4.78, 5) is 20.4. The van der Waals surface area contributed by atoms with Gasteiger partial charge in [-0.15, -0.1) is 0 Å². The minimum atomic E-state index is -1.26. The Balaban J connectivity index is 3.08. The van der Waals surface area contributed by atoms with Crippen molar-refractivity contribution in [3.05, 3.63) is 12.1 Å². The van der Waals surface area contributed by atoms with Gasteiger partial charge in [0.05, 0.1) is 0 Å². The van der Waals surface area contributed by atoms with E-state index in [9.17, 15) is 9.59 Å². The summed E-state index contributed by atoms with van der Waals surface area (Å²) in [6.45, 7) is 0. The summed E-state index contributed by atoms with van der Waals surface area (Å²) in [5.74, 6) is -3.51. The molecular weight excluding hydrogens is 192 g/mol. The lowest BCUT2D eigenvalue weighted by Crippen LogP contribution is -2.08. The van der Waals surface area contributed by atoms with Crippen molar-refractivity contribution in [1.29, 1.82) is 0 Å². The Morgan fingerprint density at radius 2 is 1.71 bits per heavy atom. The Morgan fingerprint density at radius 3 is 2.14 bits per heavy atom. The zero-order valence-electron chi connectivity index (χ0n) is 6.80. The monoisotopic (exact) mass is 198 g/mol. The van der Waals surface area contributed by atoms with Crippen LogP contribution < -0.4 is 4.74 Å². The lowest BCUT2D eigenvalue weighted by atomic mass is 10.3. The number of benzene rings is 1. The van der Waals surface area contributed by atoms with E-state index in [1.165, 1.54) is 0 Å². The largest absolute Gasteiger partial charge is 0.508 e. The molecule has 0 saturated carbocycles. The highest BCUT2D eigenvalue weighted by Gasteiger charge is 2.14. The third-order valence-electron chi connectivity index (χ3n) is 1.33. The van der Waals surface area contributed by atoms with Gasteiger partial charge in [0.15, 0.2) is 11.5 Å². The molecule has 3 N–H and O–H groups in total. The van der Waals surface area contributed by atoms with Gasteiger partial charge < -0.3 is 20.1 Å². The summed E-state index contributed by atoms with van der Waals surface area (Å²) in [5, 5.41) is 27.1. The molecule has 6 nitrogen and oxygen atoms in total. The van der Waals surface area contributed by atoms with E-state index in [1.807, 2.05) is 0 Å². The van der Waals surface area contributed by atoms with Crippen molar-refractivity contribution >= 4 is 12.3 Å². The van der Waals surface area contributed by atoms with Crippen molar-refractivity contribution in [1.82, 2.24) is 0 Å². The number of hydrogen-bond donors (Lipinski definition) is 3. The van der Waals surface area contributed by atoms with Crippen molar-refractivity contribution in [3.63, 3.8) is 0 Å². The Hall–Kier alpha value is -2.24. The average molecular weight is 198 g/mol. The lowest BCUT2D eigenvalue weighted by Gasteiger charge is -2.05. The molecule has 0 fully saturated rings. The van der Waals surface area contributed by atoms with E-state index < -0.39 is 29.0 Å². The molecule has 14 heavy (non-hydrogen) atoms. The van der Waals surface area contributed by atoms with Crippen LogP contribution in [-0.2, 0) is 9.59 Å². The van der Waals surface area contributed by atoms with Gasteiger partial charge in [0.1, 0.15) is 5.75 Å². The quantitative estimate of drug-likeness (QED) is 0.265. The summed E-state index contributed by atoms with van der Waals surface area (Å²) in [6, 6.07) is 1.71. The molecule has 1 aromatic carbocycles. The molecule has 0 saturated heterocycles. The standard InChI is InChI=1S/C8H6O6/c9-3-7(13)14-8-5(11)1-4(10)2-6(8)12/h1-3,10-12H. The van der Waals surface area contributed by atoms with Crippen molar-refractivity contribution < 1.29 is 29.6 Å². The number of carbonyl (C=O) groups is 2. The van der Waals surface area contributed by atoms with Gasteiger partial charge in [-0.2, -0.15) is 0 Å². The van der Waals surface area contributed by atoms with Crippen LogP contribution in [0.4, 0.5) is 0 Å². The summed E-state index contributed by atoms with van der Waals surface area (Å²) >= 11 is 0. The van der Waals surface area contributed by atoms with Crippen molar-refractivity contribution in [3.8, 4) is 23.0 Å². The van der Waals surface area contributed by atoms with E-state index in [2.05, 4.69) is 4.74 Å². The maximum absolute atomic E-state index is 10.5. The number of carbonyl (C=O) groups excluding carboxylic acids is 2. The van der Waals surface area contributed by atoms with Gasteiger partial charge in [0.25, 0.3) is 0 Å². The molecule has 0 aliphatic heterocycles. The molecule has 0 bridgehead atoms. The predicted octanol–water partition coefficient (Wildman–Crippen LogP) is -0.0923. The number of rotatable bonds is 2. The molecule has 0 heterocycles. The van der Waals surface area contributed by atoms with E-state index in [4.69, 9.17) is 15.3 Å². The number of esters is 1. The first-order valence-electron chi connectivity index (χ1n) is 3.46. The Kier molecular flexibility index (Phi) is 2.57. The van der Waals surface area contributed by atoms with Crippen LogP contribution in [0.1, 0.15) is 0 Å². The fourth-order valence-electron chi connectivity index (χ4n) is 0.813. The number of phenolic OH excluding ortho intramolecular Hbond substituents is 3. The predicted molar refractivity (Wildman–Crippen MR) is 43.1 cm³/mol. The first-order valence-corrected chi connectivity index (χ1v) is 3.46. The Bertz CT molecular complexity index is 360. The number of hydrogen-bond acceptors (Lipinski definition) is 6. The second-order valence-electron chi connectivity index (χ2n) is 2.35. The molecule has 0 amide bonds. The molecule has 0 aliphatic rings. The minimum Gasteiger partial charge on any atom is -0.508 e. The smallest absolute Gasteiger partial charge is 0.376 e. The molecule has 1 aromatic rings. The van der Waals surface area contributed by atoms with E-state index in [-0.39, 0.29) is 6.29 Å². The molecule has 74 valence electrons. The highest BCUT2D eigenvalue weighted by Crippen LogP contribution is 2.39. The van der Waals surface area contributed by atoms with Gasteiger partial charge >= 0.3 is 5.97 Å². The minimum absolute atomic E-state index is 0.119. The van der Waals surface area contributed by atoms with Crippen molar-refractivity contribution in [2.24, 2.45) is 0 Å². The van der Waals surface area contributed by atoms with Crippen LogP contribution in [0, 0.1) is 0 Å². The van der Waals surface area contributed by atoms with Crippen LogP contribution in [0.5, 0.6) is 23.0 Å². The maximum atomic E-state index is 10.5. The fraction of sp³-hybridized carbons (Fsp3) is 0. The molecule has 0 aliphatic carbocycles. The maximum Gasteiger partial charge on any atom is 0.376 e. The van der Waals surface area contributed by atoms with E-state index >= 15 is 0 Å². The van der Waals surface area contributed by atoms with Gasteiger partial charge in [-0.3, -0.25) is 4.79 Å². The molecule has 6 heteroatoms. The number of ether oxygens (including phenoxy) is 1. The normalized spacial score (nSPS) is 9.43. The van der Waals surface area contributed by atoms with Gasteiger partial charge in [-0.1, -0.05) is 0 Å².